The zero-order chi connectivity index (χ0) is 13.9. The molecule has 3 aliphatic rings. The first-order valence-corrected chi connectivity index (χ1v) is 7.92. The maximum absolute atomic E-state index is 12.4. The van der Waals surface area contributed by atoms with Crippen molar-refractivity contribution in [3.05, 3.63) is 46.5 Å². The van der Waals surface area contributed by atoms with Crippen molar-refractivity contribution in [2.75, 3.05) is 0 Å². The lowest BCUT2D eigenvalue weighted by Gasteiger charge is -2.41. The summed E-state index contributed by atoms with van der Waals surface area (Å²) >= 11 is 0. The first-order valence-electron chi connectivity index (χ1n) is 7.92. The number of carbonyl (C=O) groups is 1. The second-order valence-electron chi connectivity index (χ2n) is 7.25. The second-order valence-corrected chi connectivity index (χ2v) is 7.25. The molecule has 0 aliphatic heterocycles. The molecule has 3 aliphatic carbocycles. The Bertz CT molecular complexity index is 623. The molecule has 0 radical (unpaired) electrons. The molecule has 1 heteroatoms. The molecule has 0 saturated heterocycles. The fraction of sp³-hybridized carbons (Fsp3) is 0.526. The summed E-state index contributed by atoms with van der Waals surface area (Å²) in [5.74, 6) is 1.65. The molecular weight excluding hydrogens is 244 g/mol. The van der Waals surface area contributed by atoms with Gasteiger partial charge < -0.3 is 0 Å². The monoisotopic (exact) mass is 266 g/mol. The number of allylic oxidation sites excluding steroid dienone is 2. The SMILES string of the molecule is CC(C)c1cccc2c1CC(=O)CC21CC2=CCC1C2. The molecule has 2 bridgehead atoms. The van der Waals surface area contributed by atoms with Gasteiger partial charge in [-0.15, -0.1) is 0 Å². The topological polar surface area (TPSA) is 17.1 Å². The lowest BCUT2D eigenvalue weighted by atomic mass is 9.61. The average Bonchev–Trinajstić information content (AvgIpc) is 2.98. The van der Waals surface area contributed by atoms with Gasteiger partial charge in [0.25, 0.3) is 0 Å². The number of carbonyl (C=O) groups excluding carboxylic acids is 1. The minimum absolute atomic E-state index is 0.152. The summed E-state index contributed by atoms with van der Waals surface area (Å²) in [5, 5.41) is 0. The van der Waals surface area contributed by atoms with Crippen LogP contribution in [0.3, 0.4) is 0 Å². The molecule has 0 amide bonds. The van der Waals surface area contributed by atoms with Crippen LogP contribution in [-0.4, -0.2) is 5.78 Å². The minimum atomic E-state index is 0.152. The number of ketones is 1. The van der Waals surface area contributed by atoms with Crippen LogP contribution in [-0.2, 0) is 16.6 Å². The smallest absolute Gasteiger partial charge is 0.138 e. The van der Waals surface area contributed by atoms with E-state index < -0.39 is 0 Å². The van der Waals surface area contributed by atoms with E-state index in [-0.39, 0.29) is 5.41 Å². The number of fused-ring (bicyclic) bond motifs is 5. The lowest BCUT2D eigenvalue weighted by molar-refractivity contribution is -0.120. The molecule has 1 fully saturated rings. The normalized spacial score (nSPS) is 31.1. The molecule has 1 nitrogen and oxygen atoms in total. The third-order valence-electron chi connectivity index (χ3n) is 5.78. The van der Waals surface area contributed by atoms with Gasteiger partial charge in [-0.05, 0) is 47.8 Å². The Morgan fingerprint density at radius 3 is 2.75 bits per heavy atom. The molecule has 20 heavy (non-hydrogen) atoms. The van der Waals surface area contributed by atoms with Gasteiger partial charge in [-0.2, -0.15) is 0 Å². The molecule has 4 rings (SSSR count). The maximum atomic E-state index is 12.4. The molecule has 104 valence electrons. The molecule has 0 heterocycles. The van der Waals surface area contributed by atoms with Crippen molar-refractivity contribution in [1.29, 1.82) is 0 Å². The van der Waals surface area contributed by atoms with E-state index in [1.807, 2.05) is 0 Å². The zero-order valence-electron chi connectivity index (χ0n) is 12.4. The van der Waals surface area contributed by atoms with E-state index in [0.29, 0.717) is 24.0 Å². The van der Waals surface area contributed by atoms with Gasteiger partial charge in [-0.25, -0.2) is 0 Å². The number of hydrogen-bond donors (Lipinski definition) is 0. The van der Waals surface area contributed by atoms with E-state index in [1.165, 1.54) is 29.5 Å². The molecule has 1 aromatic carbocycles. The number of Topliss-reactive ketones (excluding diaryl/α,β-unsaturated/α-hetero) is 1. The molecule has 2 unspecified atom stereocenters. The predicted molar refractivity (Wildman–Crippen MR) is 81.0 cm³/mol. The first kappa shape index (κ1) is 12.4. The van der Waals surface area contributed by atoms with Crippen LogP contribution in [0, 0.1) is 5.92 Å². The fourth-order valence-electron chi connectivity index (χ4n) is 4.94. The van der Waals surface area contributed by atoms with Gasteiger partial charge in [-0.1, -0.05) is 43.7 Å². The summed E-state index contributed by atoms with van der Waals surface area (Å²) in [7, 11) is 0. The van der Waals surface area contributed by atoms with Crippen LogP contribution in [0.15, 0.2) is 29.8 Å². The van der Waals surface area contributed by atoms with Crippen LogP contribution >= 0.6 is 0 Å². The van der Waals surface area contributed by atoms with Gasteiger partial charge in [-0.3, -0.25) is 4.79 Å². The largest absolute Gasteiger partial charge is 0.299 e. The standard InChI is InChI=1S/C19H22O/c1-12(2)16-4-3-5-18-17(16)9-15(20)11-19(18)10-13-6-7-14(19)8-13/h3-6,12,14H,7-11H2,1-2H3. The molecule has 1 spiro atoms. The van der Waals surface area contributed by atoms with E-state index in [2.05, 4.69) is 38.1 Å². The van der Waals surface area contributed by atoms with Gasteiger partial charge >= 0.3 is 0 Å². The quantitative estimate of drug-likeness (QED) is 0.692. The second kappa shape index (κ2) is 4.07. The van der Waals surface area contributed by atoms with Crippen LogP contribution in [0.4, 0.5) is 0 Å². The van der Waals surface area contributed by atoms with Gasteiger partial charge in [0.2, 0.25) is 0 Å². The van der Waals surface area contributed by atoms with Crippen LogP contribution in [0.1, 0.15) is 62.1 Å². The third-order valence-corrected chi connectivity index (χ3v) is 5.78. The van der Waals surface area contributed by atoms with Crippen LogP contribution in [0.25, 0.3) is 0 Å². The minimum Gasteiger partial charge on any atom is -0.299 e. The highest BCUT2D eigenvalue weighted by Gasteiger charge is 2.52. The van der Waals surface area contributed by atoms with Crippen molar-refractivity contribution in [3.8, 4) is 0 Å². The summed E-state index contributed by atoms with van der Waals surface area (Å²) in [6.07, 6.45) is 7.42. The Labute approximate surface area is 121 Å². The Balaban J connectivity index is 1.92. The van der Waals surface area contributed by atoms with Gasteiger partial charge in [0, 0.05) is 18.3 Å². The van der Waals surface area contributed by atoms with Gasteiger partial charge in [0.1, 0.15) is 5.78 Å². The van der Waals surface area contributed by atoms with Gasteiger partial charge in [0.05, 0.1) is 0 Å². The zero-order valence-corrected chi connectivity index (χ0v) is 12.4. The summed E-state index contributed by atoms with van der Waals surface area (Å²) in [4.78, 5) is 12.4. The lowest BCUT2D eigenvalue weighted by Crippen LogP contribution is -2.39. The van der Waals surface area contributed by atoms with Crippen molar-refractivity contribution in [1.82, 2.24) is 0 Å². The highest BCUT2D eigenvalue weighted by Crippen LogP contribution is 2.58. The number of benzene rings is 1. The molecule has 1 saturated carbocycles. The van der Waals surface area contributed by atoms with E-state index in [1.54, 1.807) is 5.57 Å². The first-order chi connectivity index (χ1) is 9.60. The van der Waals surface area contributed by atoms with Crippen molar-refractivity contribution >= 4 is 5.78 Å². The van der Waals surface area contributed by atoms with Gasteiger partial charge in [0.15, 0.2) is 0 Å². The molecule has 0 N–H and O–H groups in total. The van der Waals surface area contributed by atoms with E-state index in [9.17, 15) is 4.79 Å². The summed E-state index contributed by atoms with van der Waals surface area (Å²) in [5.41, 5.74) is 6.03. The Morgan fingerprint density at radius 1 is 1.25 bits per heavy atom. The van der Waals surface area contributed by atoms with Crippen LogP contribution < -0.4 is 0 Å². The summed E-state index contributed by atoms with van der Waals surface area (Å²) in [6, 6.07) is 6.75. The Hall–Kier alpha value is -1.37. The fourth-order valence-corrected chi connectivity index (χ4v) is 4.94. The third kappa shape index (κ3) is 1.52. The highest BCUT2D eigenvalue weighted by atomic mass is 16.1. The molecule has 0 aromatic heterocycles. The maximum Gasteiger partial charge on any atom is 0.138 e. The highest BCUT2D eigenvalue weighted by molar-refractivity contribution is 5.86. The van der Waals surface area contributed by atoms with E-state index in [4.69, 9.17) is 0 Å². The predicted octanol–water partition coefficient (Wildman–Crippen LogP) is 4.30. The van der Waals surface area contributed by atoms with E-state index in [0.717, 1.165) is 12.8 Å². The summed E-state index contributed by atoms with van der Waals surface area (Å²) in [6.45, 7) is 4.48. The van der Waals surface area contributed by atoms with Crippen molar-refractivity contribution in [3.63, 3.8) is 0 Å². The number of rotatable bonds is 1. The van der Waals surface area contributed by atoms with E-state index >= 15 is 0 Å². The molecule has 1 aromatic rings. The van der Waals surface area contributed by atoms with Crippen molar-refractivity contribution in [2.24, 2.45) is 5.92 Å². The Kier molecular flexibility index (Phi) is 2.52. The molecular formula is C19H22O. The van der Waals surface area contributed by atoms with Crippen LogP contribution in [0.5, 0.6) is 0 Å². The average molecular weight is 266 g/mol. The van der Waals surface area contributed by atoms with Crippen molar-refractivity contribution < 1.29 is 4.79 Å². The number of hydrogen-bond acceptors (Lipinski definition) is 1. The van der Waals surface area contributed by atoms with Crippen molar-refractivity contribution in [2.45, 2.75) is 57.3 Å². The molecule has 2 atom stereocenters. The van der Waals surface area contributed by atoms with Crippen LogP contribution in [0.2, 0.25) is 0 Å². The summed E-state index contributed by atoms with van der Waals surface area (Å²) < 4.78 is 0. The Morgan fingerprint density at radius 2 is 2.10 bits per heavy atom.